The molecule has 6 rings (SSSR count). The molecule has 0 aliphatic heterocycles. The summed E-state index contributed by atoms with van der Waals surface area (Å²) in [5, 5.41) is 14.1. The maximum absolute atomic E-state index is 13.6. The third-order valence-electron chi connectivity index (χ3n) is 11.8. The molecule has 0 spiro atoms. The van der Waals surface area contributed by atoms with Crippen molar-refractivity contribution < 1.29 is 14.3 Å². The summed E-state index contributed by atoms with van der Waals surface area (Å²) in [5.41, 5.74) is 5.35. The van der Waals surface area contributed by atoms with E-state index in [2.05, 4.69) is 46.9 Å². The van der Waals surface area contributed by atoms with E-state index in [1.165, 1.54) is 49.1 Å². The zero-order valence-electron chi connectivity index (χ0n) is 23.6. The lowest BCUT2D eigenvalue weighted by molar-refractivity contribution is -0.137. The molecule has 204 valence electrons. The Hall–Kier alpha value is -2.43. The lowest BCUT2D eigenvalue weighted by Crippen LogP contribution is -2.54. The predicted octanol–water partition coefficient (Wildman–Crippen LogP) is 7.74. The summed E-state index contributed by atoms with van der Waals surface area (Å²) in [5.74, 6) is 2.29. The van der Waals surface area contributed by atoms with Crippen molar-refractivity contribution in [3.63, 3.8) is 0 Å². The van der Waals surface area contributed by atoms with E-state index in [1.807, 2.05) is 16.8 Å². The van der Waals surface area contributed by atoms with E-state index in [1.54, 1.807) is 5.57 Å². The van der Waals surface area contributed by atoms with Crippen molar-refractivity contribution in [3.8, 4) is 5.69 Å². The van der Waals surface area contributed by atoms with Crippen LogP contribution in [0.3, 0.4) is 0 Å². The fourth-order valence-corrected chi connectivity index (χ4v) is 10.3. The Morgan fingerprint density at radius 2 is 1.87 bits per heavy atom. The Bertz CT molecular complexity index is 1280. The smallest absolute Gasteiger partial charge is 0.303 e. The van der Waals surface area contributed by atoms with Crippen molar-refractivity contribution in [2.24, 2.45) is 40.4 Å². The number of carboxylic acids is 1. The highest BCUT2D eigenvalue weighted by Crippen LogP contribution is 2.68. The van der Waals surface area contributed by atoms with Crippen LogP contribution in [0.1, 0.15) is 90.8 Å². The van der Waals surface area contributed by atoms with Gasteiger partial charge in [-0.25, -0.2) is 9.07 Å². The lowest BCUT2D eigenvalue weighted by atomic mass is 9.44. The average Bonchev–Trinajstić information content (AvgIpc) is 3.44. The molecule has 1 aromatic carbocycles. The first-order chi connectivity index (χ1) is 18.0. The van der Waals surface area contributed by atoms with Gasteiger partial charge in [-0.3, -0.25) is 4.79 Å². The second-order valence-corrected chi connectivity index (χ2v) is 14.0. The van der Waals surface area contributed by atoms with Crippen LogP contribution < -0.4 is 0 Å². The number of nitrogens with zero attached hydrogens (tertiary/aromatic N) is 2. The van der Waals surface area contributed by atoms with Gasteiger partial charge in [-0.1, -0.05) is 46.3 Å². The van der Waals surface area contributed by atoms with Crippen LogP contribution in [-0.4, -0.2) is 20.9 Å². The maximum atomic E-state index is 13.6. The Labute approximate surface area is 226 Å². The van der Waals surface area contributed by atoms with E-state index in [4.69, 9.17) is 5.10 Å². The topological polar surface area (TPSA) is 55.1 Å². The van der Waals surface area contributed by atoms with E-state index >= 15 is 0 Å². The predicted molar refractivity (Wildman–Crippen MR) is 148 cm³/mol. The monoisotopic (exact) mass is 518 g/mol. The molecule has 38 heavy (non-hydrogen) atoms. The zero-order chi connectivity index (χ0) is 27.0. The largest absolute Gasteiger partial charge is 0.481 e. The molecular weight excluding hydrogens is 475 g/mol. The molecule has 0 saturated heterocycles. The van der Waals surface area contributed by atoms with Crippen LogP contribution in [0, 0.1) is 46.2 Å². The van der Waals surface area contributed by atoms with Gasteiger partial charge in [0.2, 0.25) is 0 Å². The standard InChI is InChI=1S/C33H43FN2O2/c1-20(6-15-29(37)38)25-12-13-26-24-11-14-28-31(2,3)30-21(18-33(28,5)27(24)16-17-32(25,26)4)19-35-36(30)23-9-7-22(34)8-10-23/h7-10,14,19-20,24-27H,6,11-13,15-18H2,1-5H3,(H,37,38)/t20-,24?,25-,26?,27?,32-,33-/m1/s1. The SMILES string of the molecule is C[C@H](CCC(=O)O)[C@H]1CCC2C3CC=C4C(C)(C)c5c(cnn5-c5ccc(F)cc5)C[C@]4(C)C3CC[C@@]21C. The number of hydrogen-bond donors (Lipinski definition) is 1. The van der Waals surface area contributed by atoms with Crippen LogP contribution in [0.4, 0.5) is 4.39 Å². The minimum absolute atomic E-state index is 0.115. The van der Waals surface area contributed by atoms with Crippen molar-refractivity contribution in [2.45, 2.75) is 91.4 Å². The van der Waals surface area contributed by atoms with Crippen LogP contribution in [0.2, 0.25) is 0 Å². The summed E-state index contributed by atoms with van der Waals surface area (Å²) in [7, 11) is 0. The average molecular weight is 519 g/mol. The third-order valence-corrected chi connectivity index (χ3v) is 11.8. The Morgan fingerprint density at radius 3 is 2.58 bits per heavy atom. The van der Waals surface area contributed by atoms with Gasteiger partial charge in [0.05, 0.1) is 17.6 Å². The molecule has 3 unspecified atom stereocenters. The minimum atomic E-state index is -0.667. The highest BCUT2D eigenvalue weighted by Gasteiger charge is 2.61. The van der Waals surface area contributed by atoms with E-state index in [9.17, 15) is 14.3 Å². The normalized spacial score (nSPS) is 35.9. The number of hydrogen-bond acceptors (Lipinski definition) is 2. The number of aromatic nitrogens is 2. The van der Waals surface area contributed by atoms with Gasteiger partial charge in [0, 0.05) is 11.8 Å². The minimum Gasteiger partial charge on any atom is -0.481 e. The molecule has 5 heteroatoms. The fourth-order valence-electron chi connectivity index (χ4n) is 10.3. The van der Waals surface area contributed by atoms with Gasteiger partial charge >= 0.3 is 5.97 Å². The van der Waals surface area contributed by atoms with Gasteiger partial charge in [0.25, 0.3) is 0 Å². The van der Waals surface area contributed by atoms with Gasteiger partial charge < -0.3 is 5.11 Å². The molecule has 2 aromatic rings. The highest BCUT2D eigenvalue weighted by molar-refractivity contribution is 5.66. The molecule has 4 aliphatic rings. The quantitative estimate of drug-likeness (QED) is 0.412. The first-order valence-electron chi connectivity index (χ1n) is 14.7. The van der Waals surface area contributed by atoms with Crippen molar-refractivity contribution in [1.29, 1.82) is 0 Å². The zero-order valence-corrected chi connectivity index (χ0v) is 23.6. The van der Waals surface area contributed by atoms with Gasteiger partial charge in [-0.15, -0.1) is 0 Å². The van der Waals surface area contributed by atoms with Crippen LogP contribution in [0.5, 0.6) is 0 Å². The second kappa shape index (κ2) is 8.79. The first kappa shape index (κ1) is 25.8. The molecule has 2 fully saturated rings. The van der Waals surface area contributed by atoms with E-state index < -0.39 is 5.97 Å². The van der Waals surface area contributed by atoms with E-state index in [0.717, 1.165) is 30.9 Å². The maximum Gasteiger partial charge on any atom is 0.303 e. The first-order valence-corrected chi connectivity index (χ1v) is 14.7. The number of carbonyl (C=O) groups is 1. The summed E-state index contributed by atoms with van der Waals surface area (Å²) in [6.45, 7) is 12.1. The number of aliphatic carboxylic acids is 1. The number of fused-ring (bicyclic) bond motifs is 6. The number of carboxylic acid groups (broad SMARTS) is 1. The second-order valence-electron chi connectivity index (χ2n) is 14.0. The van der Waals surface area contributed by atoms with Crippen LogP contribution in [0.25, 0.3) is 5.69 Å². The van der Waals surface area contributed by atoms with Crippen molar-refractivity contribution in [1.82, 2.24) is 9.78 Å². The molecule has 0 amide bonds. The number of rotatable bonds is 5. The Kier molecular flexibility index (Phi) is 5.97. The Balaban J connectivity index is 1.32. The summed E-state index contributed by atoms with van der Waals surface area (Å²) >= 11 is 0. The summed E-state index contributed by atoms with van der Waals surface area (Å²) < 4.78 is 15.7. The third kappa shape index (κ3) is 3.67. The molecule has 0 radical (unpaired) electrons. The molecule has 1 heterocycles. The van der Waals surface area contributed by atoms with Crippen LogP contribution >= 0.6 is 0 Å². The van der Waals surface area contributed by atoms with Crippen molar-refractivity contribution in [2.75, 3.05) is 0 Å². The molecule has 4 aliphatic carbocycles. The van der Waals surface area contributed by atoms with Gasteiger partial charge in [0.15, 0.2) is 0 Å². The molecule has 1 aromatic heterocycles. The molecule has 0 bridgehead atoms. The highest BCUT2D eigenvalue weighted by atomic mass is 19.1. The molecule has 7 atom stereocenters. The molecular formula is C33H43FN2O2. The van der Waals surface area contributed by atoms with Crippen LogP contribution in [0.15, 0.2) is 42.1 Å². The van der Waals surface area contributed by atoms with Gasteiger partial charge in [-0.05, 0) is 115 Å². The van der Waals surface area contributed by atoms with E-state index in [-0.39, 0.29) is 23.1 Å². The summed E-state index contributed by atoms with van der Waals surface area (Å²) in [6.07, 6.45) is 13.0. The molecule has 1 N–H and O–H groups in total. The van der Waals surface area contributed by atoms with E-state index in [0.29, 0.717) is 29.1 Å². The molecule has 2 saturated carbocycles. The number of benzene rings is 1. The lowest BCUT2D eigenvalue weighted by Gasteiger charge is -2.60. The summed E-state index contributed by atoms with van der Waals surface area (Å²) in [4.78, 5) is 11.2. The number of allylic oxidation sites excluding steroid dienone is 2. The number of halogens is 1. The van der Waals surface area contributed by atoms with Crippen molar-refractivity contribution in [3.05, 3.63) is 59.2 Å². The van der Waals surface area contributed by atoms with Crippen LogP contribution in [-0.2, 0) is 16.6 Å². The fraction of sp³-hybridized carbons (Fsp3) is 0.636. The molecule has 4 nitrogen and oxygen atoms in total. The van der Waals surface area contributed by atoms with Gasteiger partial charge in [-0.2, -0.15) is 5.10 Å². The summed E-state index contributed by atoms with van der Waals surface area (Å²) in [6, 6.07) is 6.69. The van der Waals surface area contributed by atoms with Crippen molar-refractivity contribution >= 4 is 5.97 Å². The van der Waals surface area contributed by atoms with Gasteiger partial charge in [0.1, 0.15) is 5.82 Å². The Morgan fingerprint density at radius 1 is 1.13 bits per heavy atom.